The van der Waals surface area contributed by atoms with Gasteiger partial charge in [-0.25, -0.2) is 4.79 Å². The lowest BCUT2D eigenvalue weighted by Crippen LogP contribution is -2.34. The Labute approximate surface area is 183 Å². The molecule has 0 aliphatic heterocycles. The highest BCUT2D eigenvalue weighted by molar-refractivity contribution is 6.01. The van der Waals surface area contributed by atoms with Crippen molar-refractivity contribution >= 4 is 12.0 Å². The highest BCUT2D eigenvalue weighted by atomic mass is 19.4. The van der Waals surface area contributed by atoms with Crippen LogP contribution in [0.25, 0.3) is 11.1 Å². The van der Waals surface area contributed by atoms with Crippen LogP contribution in [0, 0.1) is 0 Å². The van der Waals surface area contributed by atoms with Gasteiger partial charge >= 0.3 is 12.3 Å². The maximum Gasteiger partial charge on any atom is 0.407 e. The second kappa shape index (κ2) is 10.5. The third kappa shape index (κ3) is 6.60. The van der Waals surface area contributed by atoms with E-state index < -0.39 is 24.7 Å². The number of amides is 2. The molecule has 0 spiro atoms. The van der Waals surface area contributed by atoms with Crippen molar-refractivity contribution in [3.05, 3.63) is 95.6 Å². The predicted molar refractivity (Wildman–Crippen MR) is 114 cm³/mol. The lowest BCUT2D eigenvalue weighted by Gasteiger charge is -2.15. The highest BCUT2D eigenvalue weighted by Gasteiger charge is 2.28. The summed E-state index contributed by atoms with van der Waals surface area (Å²) in [6, 6.07) is 22.6. The molecular formula is C24H21F3N2O3. The number of benzene rings is 3. The van der Waals surface area contributed by atoms with Crippen LogP contribution in [0.15, 0.2) is 78.9 Å². The Hall–Kier alpha value is -3.81. The molecule has 5 nitrogen and oxygen atoms in total. The van der Waals surface area contributed by atoms with Crippen LogP contribution in [0.4, 0.5) is 18.0 Å². The molecule has 32 heavy (non-hydrogen) atoms. The lowest BCUT2D eigenvalue weighted by atomic mass is 9.95. The smallest absolute Gasteiger partial charge is 0.407 e. The maximum atomic E-state index is 12.5. The maximum absolute atomic E-state index is 12.5. The summed E-state index contributed by atoms with van der Waals surface area (Å²) >= 11 is 0. The number of carbonyl (C=O) groups excluding carboxylic acids is 2. The fraction of sp³-hybridized carbons (Fsp3) is 0.167. The quantitative estimate of drug-likeness (QED) is 0.537. The third-order valence-corrected chi connectivity index (χ3v) is 4.56. The molecule has 0 atom stereocenters. The fourth-order valence-electron chi connectivity index (χ4n) is 3.07. The van der Waals surface area contributed by atoms with Crippen molar-refractivity contribution in [2.24, 2.45) is 0 Å². The number of halogens is 3. The average molecular weight is 442 g/mol. The SMILES string of the molecule is O=C(NCc1ccccc1-c1ccccc1C(=O)NCC(F)(F)F)OCc1ccccc1. The summed E-state index contributed by atoms with van der Waals surface area (Å²) in [6.45, 7) is -1.19. The minimum Gasteiger partial charge on any atom is -0.445 e. The summed E-state index contributed by atoms with van der Waals surface area (Å²) in [4.78, 5) is 24.5. The van der Waals surface area contributed by atoms with Gasteiger partial charge in [0.1, 0.15) is 13.2 Å². The molecule has 0 radical (unpaired) electrons. The largest absolute Gasteiger partial charge is 0.445 e. The number of hydrogen-bond donors (Lipinski definition) is 2. The van der Waals surface area contributed by atoms with E-state index in [-0.39, 0.29) is 18.7 Å². The van der Waals surface area contributed by atoms with Crippen LogP contribution in [-0.2, 0) is 17.9 Å². The van der Waals surface area contributed by atoms with Gasteiger partial charge in [-0.3, -0.25) is 4.79 Å². The molecule has 0 aliphatic carbocycles. The van der Waals surface area contributed by atoms with Crippen LogP contribution in [0.3, 0.4) is 0 Å². The van der Waals surface area contributed by atoms with E-state index in [0.29, 0.717) is 16.7 Å². The Bertz CT molecular complexity index is 1070. The van der Waals surface area contributed by atoms with Crippen molar-refractivity contribution in [1.82, 2.24) is 10.6 Å². The van der Waals surface area contributed by atoms with Crippen molar-refractivity contribution in [2.45, 2.75) is 19.3 Å². The molecule has 166 valence electrons. The topological polar surface area (TPSA) is 67.4 Å². The molecule has 2 amide bonds. The summed E-state index contributed by atoms with van der Waals surface area (Å²) in [5.74, 6) is -0.831. The van der Waals surface area contributed by atoms with Gasteiger partial charge in [0, 0.05) is 12.1 Å². The first-order chi connectivity index (χ1) is 15.3. The number of carbonyl (C=O) groups is 2. The van der Waals surface area contributed by atoms with Gasteiger partial charge in [0.15, 0.2) is 0 Å². The molecule has 0 saturated carbocycles. The van der Waals surface area contributed by atoms with Gasteiger partial charge in [0.2, 0.25) is 0 Å². The predicted octanol–water partition coefficient (Wildman–Crippen LogP) is 5.07. The number of alkyl carbamates (subject to hydrolysis) is 1. The van der Waals surface area contributed by atoms with Gasteiger partial charge in [-0.15, -0.1) is 0 Å². The van der Waals surface area contributed by atoms with E-state index in [4.69, 9.17) is 4.74 Å². The number of rotatable bonds is 7. The molecular weight excluding hydrogens is 421 g/mol. The van der Waals surface area contributed by atoms with E-state index >= 15 is 0 Å². The number of nitrogens with one attached hydrogen (secondary N) is 2. The van der Waals surface area contributed by atoms with Gasteiger partial charge in [0.25, 0.3) is 5.91 Å². The first kappa shape index (κ1) is 22.9. The zero-order chi connectivity index (χ0) is 23.0. The van der Waals surface area contributed by atoms with Crippen LogP contribution < -0.4 is 10.6 Å². The van der Waals surface area contributed by atoms with E-state index in [0.717, 1.165) is 5.56 Å². The number of alkyl halides is 3. The van der Waals surface area contributed by atoms with Crippen molar-refractivity contribution in [2.75, 3.05) is 6.54 Å². The van der Waals surface area contributed by atoms with Gasteiger partial charge in [0.05, 0.1) is 0 Å². The van der Waals surface area contributed by atoms with E-state index in [1.807, 2.05) is 35.6 Å². The zero-order valence-corrected chi connectivity index (χ0v) is 17.0. The summed E-state index contributed by atoms with van der Waals surface area (Å²) in [5.41, 5.74) is 2.72. The van der Waals surface area contributed by atoms with E-state index in [2.05, 4.69) is 5.32 Å². The number of ether oxygens (including phenoxy) is 1. The molecule has 0 heterocycles. The van der Waals surface area contributed by atoms with Crippen LogP contribution in [0.5, 0.6) is 0 Å². The minimum absolute atomic E-state index is 0.107. The van der Waals surface area contributed by atoms with Crippen LogP contribution in [0.1, 0.15) is 21.5 Å². The minimum atomic E-state index is -4.51. The van der Waals surface area contributed by atoms with Gasteiger partial charge in [-0.05, 0) is 28.3 Å². The Kier molecular flexibility index (Phi) is 7.49. The first-order valence-corrected chi connectivity index (χ1v) is 9.80. The third-order valence-electron chi connectivity index (χ3n) is 4.56. The Balaban J connectivity index is 1.71. The molecule has 3 aromatic carbocycles. The monoisotopic (exact) mass is 442 g/mol. The lowest BCUT2D eigenvalue weighted by molar-refractivity contribution is -0.123. The molecule has 3 rings (SSSR count). The van der Waals surface area contributed by atoms with E-state index in [9.17, 15) is 22.8 Å². The van der Waals surface area contributed by atoms with E-state index in [1.54, 1.807) is 42.5 Å². The van der Waals surface area contributed by atoms with Crippen LogP contribution in [-0.4, -0.2) is 24.7 Å². The molecule has 0 aromatic heterocycles. The van der Waals surface area contributed by atoms with Gasteiger partial charge in [-0.1, -0.05) is 72.8 Å². The Morgan fingerprint density at radius 1 is 0.781 bits per heavy atom. The van der Waals surface area contributed by atoms with Crippen molar-refractivity contribution in [3.8, 4) is 11.1 Å². The van der Waals surface area contributed by atoms with Crippen molar-refractivity contribution in [3.63, 3.8) is 0 Å². The summed E-state index contributed by atoms with van der Waals surface area (Å²) in [7, 11) is 0. The first-order valence-electron chi connectivity index (χ1n) is 9.80. The molecule has 3 aromatic rings. The molecule has 0 aliphatic rings. The number of hydrogen-bond acceptors (Lipinski definition) is 3. The van der Waals surface area contributed by atoms with Crippen molar-refractivity contribution in [1.29, 1.82) is 0 Å². The van der Waals surface area contributed by atoms with Crippen LogP contribution >= 0.6 is 0 Å². The summed E-state index contributed by atoms with van der Waals surface area (Å²) < 4.78 is 42.7. The second-order valence-corrected chi connectivity index (χ2v) is 6.92. The second-order valence-electron chi connectivity index (χ2n) is 6.92. The molecule has 0 saturated heterocycles. The molecule has 2 N–H and O–H groups in total. The van der Waals surface area contributed by atoms with Crippen LogP contribution in [0.2, 0.25) is 0 Å². The molecule has 8 heteroatoms. The normalized spacial score (nSPS) is 11.0. The summed E-state index contributed by atoms with van der Waals surface area (Å²) in [6.07, 6.45) is -5.12. The standard InChI is InChI=1S/C24H21F3N2O3/c25-24(26,27)16-29-22(30)21-13-7-6-12-20(21)19-11-5-4-10-18(19)14-28-23(31)32-15-17-8-2-1-3-9-17/h1-13H,14-16H2,(H,28,31)(H,29,30). The van der Waals surface area contributed by atoms with Gasteiger partial charge < -0.3 is 15.4 Å². The highest BCUT2D eigenvalue weighted by Crippen LogP contribution is 2.27. The Morgan fingerprint density at radius 2 is 1.41 bits per heavy atom. The fourth-order valence-corrected chi connectivity index (χ4v) is 3.07. The van der Waals surface area contributed by atoms with E-state index in [1.165, 1.54) is 6.07 Å². The van der Waals surface area contributed by atoms with Crippen molar-refractivity contribution < 1.29 is 27.5 Å². The average Bonchev–Trinajstić information content (AvgIpc) is 2.80. The van der Waals surface area contributed by atoms with Gasteiger partial charge in [-0.2, -0.15) is 13.2 Å². The summed E-state index contributed by atoms with van der Waals surface area (Å²) in [5, 5.41) is 4.56. The molecule has 0 bridgehead atoms. The molecule has 0 unspecified atom stereocenters. The zero-order valence-electron chi connectivity index (χ0n) is 17.0. The Morgan fingerprint density at radius 3 is 2.12 bits per heavy atom. The molecule has 0 fully saturated rings.